The minimum absolute atomic E-state index is 0.0885. The van der Waals surface area contributed by atoms with Gasteiger partial charge in [-0.1, -0.05) is 17.7 Å². The van der Waals surface area contributed by atoms with E-state index in [2.05, 4.69) is 47.1 Å². The second kappa shape index (κ2) is 9.09. The van der Waals surface area contributed by atoms with Gasteiger partial charge in [0.15, 0.2) is 0 Å². The molecule has 0 saturated carbocycles. The maximum atomic E-state index is 12.6. The third-order valence-electron chi connectivity index (χ3n) is 4.34. The lowest BCUT2D eigenvalue weighted by molar-refractivity contribution is -0.131. The Morgan fingerprint density at radius 2 is 1.78 bits per heavy atom. The van der Waals surface area contributed by atoms with Crippen LogP contribution in [0, 0.1) is 6.92 Å². The number of rotatable bonds is 6. The molecule has 0 bridgehead atoms. The molecule has 0 unspecified atom stereocenters. The molecule has 0 N–H and O–H groups in total. The molecule has 27 heavy (non-hydrogen) atoms. The topological polar surface area (TPSA) is 57.7 Å². The fourth-order valence-corrected chi connectivity index (χ4v) is 7.22. The highest BCUT2D eigenvalue weighted by atomic mass is 79.9. The Morgan fingerprint density at radius 1 is 1.11 bits per heavy atom. The molecule has 0 radical (unpaired) electrons. The zero-order chi connectivity index (χ0) is 19.4. The fourth-order valence-electron chi connectivity index (χ4n) is 2.79. The predicted octanol–water partition coefficient (Wildman–Crippen LogP) is 3.83. The minimum Gasteiger partial charge on any atom is -0.340 e. The largest absolute Gasteiger partial charge is 0.340 e. The highest BCUT2D eigenvalue weighted by Crippen LogP contribution is 2.29. The molecule has 1 aliphatic rings. The van der Waals surface area contributed by atoms with Crippen molar-refractivity contribution in [3.05, 3.63) is 45.7 Å². The van der Waals surface area contributed by atoms with Gasteiger partial charge in [-0.2, -0.15) is 4.31 Å². The van der Waals surface area contributed by atoms with Crippen LogP contribution in [0.15, 0.2) is 49.3 Å². The summed E-state index contributed by atoms with van der Waals surface area (Å²) >= 11 is 6.18. The molecule has 1 amide bonds. The first-order chi connectivity index (χ1) is 12.9. The number of amides is 1. The van der Waals surface area contributed by atoms with Crippen molar-refractivity contribution >= 4 is 55.0 Å². The first-order valence-corrected chi connectivity index (χ1v) is 12.6. The Labute approximate surface area is 176 Å². The number of halogens is 1. The smallest absolute Gasteiger partial charge is 0.252 e. The number of thiophene rings is 1. The zero-order valence-electron chi connectivity index (χ0n) is 14.9. The molecule has 1 fully saturated rings. The van der Waals surface area contributed by atoms with Gasteiger partial charge < -0.3 is 4.90 Å². The number of carbonyl (C=O) groups is 1. The standard InChI is InChI=1S/C18H21BrN2O3S3/c1-14-2-4-15(5-3-14)25-13-8-17(22)20-9-11-21(12-10-20)27(23,24)18-7-6-16(19)26-18/h2-7H,8-13H2,1H3. The van der Waals surface area contributed by atoms with Crippen LogP contribution in [-0.2, 0) is 14.8 Å². The Morgan fingerprint density at radius 3 is 2.37 bits per heavy atom. The monoisotopic (exact) mass is 488 g/mol. The second-order valence-corrected chi connectivity index (χ2v) is 12.1. The SMILES string of the molecule is Cc1ccc(SCCC(=O)N2CCN(S(=O)(=O)c3ccc(Br)s3)CC2)cc1. The normalized spacial score (nSPS) is 15.9. The number of thioether (sulfide) groups is 1. The van der Waals surface area contributed by atoms with Crippen LogP contribution in [0.5, 0.6) is 0 Å². The maximum absolute atomic E-state index is 12.6. The summed E-state index contributed by atoms with van der Waals surface area (Å²) in [6, 6.07) is 11.6. The molecule has 2 aromatic rings. The molecule has 0 aliphatic carbocycles. The quantitative estimate of drug-likeness (QED) is 0.579. The Balaban J connectivity index is 1.47. The molecule has 9 heteroatoms. The van der Waals surface area contributed by atoms with Crippen LogP contribution in [0.3, 0.4) is 0 Å². The van der Waals surface area contributed by atoms with E-state index in [9.17, 15) is 13.2 Å². The van der Waals surface area contributed by atoms with Gasteiger partial charge in [-0.05, 0) is 47.1 Å². The Kier molecular flexibility index (Phi) is 7.02. The van der Waals surface area contributed by atoms with E-state index in [0.717, 1.165) is 14.4 Å². The van der Waals surface area contributed by atoms with Gasteiger partial charge >= 0.3 is 0 Å². The third kappa shape index (κ3) is 5.35. The fraction of sp³-hybridized carbons (Fsp3) is 0.389. The van der Waals surface area contributed by atoms with Crippen molar-refractivity contribution < 1.29 is 13.2 Å². The summed E-state index contributed by atoms with van der Waals surface area (Å²) in [6.45, 7) is 3.62. The molecule has 0 atom stereocenters. The number of benzene rings is 1. The van der Waals surface area contributed by atoms with Crippen molar-refractivity contribution in [1.82, 2.24) is 9.21 Å². The van der Waals surface area contributed by atoms with Crippen molar-refractivity contribution in [1.29, 1.82) is 0 Å². The van der Waals surface area contributed by atoms with Crippen molar-refractivity contribution in [2.24, 2.45) is 0 Å². The molecule has 2 heterocycles. The summed E-state index contributed by atoms with van der Waals surface area (Å²) in [6.07, 6.45) is 0.461. The number of carbonyl (C=O) groups excluding carboxylic acids is 1. The summed E-state index contributed by atoms with van der Waals surface area (Å²) in [7, 11) is -3.47. The van der Waals surface area contributed by atoms with Crippen molar-refractivity contribution in [2.75, 3.05) is 31.9 Å². The van der Waals surface area contributed by atoms with Crippen molar-refractivity contribution in [3.63, 3.8) is 0 Å². The molecule has 1 aromatic heterocycles. The summed E-state index contributed by atoms with van der Waals surface area (Å²) in [5, 5.41) is 0. The predicted molar refractivity (Wildman–Crippen MR) is 114 cm³/mol. The maximum Gasteiger partial charge on any atom is 0.252 e. The summed E-state index contributed by atoms with van der Waals surface area (Å²) in [5.74, 6) is 0.814. The first kappa shape index (κ1) is 20.9. The van der Waals surface area contributed by atoms with E-state index in [-0.39, 0.29) is 5.91 Å². The number of piperazine rings is 1. The van der Waals surface area contributed by atoms with Crippen LogP contribution in [-0.4, -0.2) is 55.5 Å². The molecule has 3 rings (SSSR count). The highest BCUT2D eigenvalue weighted by molar-refractivity contribution is 9.11. The van der Waals surface area contributed by atoms with E-state index in [1.165, 1.54) is 21.2 Å². The number of nitrogens with zero attached hydrogens (tertiary/aromatic N) is 2. The number of hydrogen-bond acceptors (Lipinski definition) is 5. The van der Waals surface area contributed by atoms with Crippen LogP contribution >= 0.6 is 39.0 Å². The average Bonchev–Trinajstić information content (AvgIpc) is 3.10. The van der Waals surface area contributed by atoms with Crippen molar-refractivity contribution in [3.8, 4) is 0 Å². The Bertz CT molecular complexity index is 889. The van der Waals surface area contributed by atoms with Crippen LogP contribution in [0.1, 0.15) is 12.0 Å². The van der Waals surface area contributed by atoms with E-state index in [1.807, 2.05) is 0 Å². The van der Waals surface area contributed by atoms with Gasteiger partial charge in [0.2, 0.25) is 5.91 Å². The van der Waals surface area contributed by atoms with Crippen LogP contribution in [0.4, 0.5) is 0 Å². The number of aryl methyl sites for hydroxylation is 1. The van der Waals surface area contributed by atoms with Gasteiger partial charge in [-0.15, -0.1) is 23.1 Å². The van der Waals surface area contributed by atoms with Gasteiger partial charge in [-0.25, -0.2) is 8.42 Å². The van der Waals surface area contributed by atoms with Gasteiger partial charge in [0.1, 0.15) is 4.21 Å². The van der Waals surface area contributed by atoms with Crippen LogP contribution in [0.25, 0.3) is 0 Å². The lowest BCUT2D eigenvalue weighted by atomic mass is 10.2. The van der Waals surface area contributed by atoms with E-state index in [1.54, 1.807) is 28.8 Å². The highest BCUT2D eigenvalue weighted by Gasteiger charge is 2.30. The Hall–Kier alpha value is -0.870. The van der Waals surface area contributed by atoms with Gasteiger partial charge in [-0.3, -0.25) is 4.79 Å². The van der Waals surface area contributed by atoms with Gasteiger partial charge in [0.05, 0.1) is 3.79 Å². The molecule has 1 aromatic carbocycles. The van der Waals surface area contributed by atoms with E-state index in [4.69, 9.17) is 0 Å². The number of sulfonamides is 1. The van der Waals surface area contributed by atoms with Crippen LogP contribution < -0.4 is 0 Å². The molecule has 5 nitrogen and oxygen atoms in total. The summed E-state index contributed by atoms with van der Waals surface area (Å²) in [5.41, 5.74) is 1.22. The molecular weight excluding hydrogens is 468 g/mol. The summed E-state index contributed by atoms with van der Waals surface area (Å²) in [4.78, 5) is 15.3. The molecule has 1 saturated heterocycles. The van der Waals surface area contributed by atoms with Gasteiger partial charge in [0.25, 0.3) is 10.0 Å². The summed E-state index contributed by atoms with van der Waals surface area (Å²) < 4.78 is 27.9. The first-order valence-electron chi connectivity index (χ1n) is 8.59. The van der Waals surface area contributed by atoms with E-state index < -0.39 is 10.0 Å². The van der Waals surface area contributed by atoms with Gasteiger partial charge in [0, 0.05) is 43.2 Å². The molecule has 0 spiro atoms. The average molecular weight is 489 g/mol. The van der Waals surface area contributed by atoms with E-state index in [0.29, 0.717) is 36.8 Å². The lowest BCUT2D eigenvalue weighted by Gasteiger charge is -2.33. The second-order valence-electron chi connectivity index (χ2n) is 6.25. The van der Waals surface area contributed by atoms with Crippen molar-refractivity contribution in [2.45, 2.75) is 22.4 Å². The zero-order valence-corrected chi connectivity index (χ0v) is 19.0. The minimum atomic E-state index is -3.47. The van der Waals surface area contributed by atoms with Crippen LogP contribution in [0.2, 0.25) is 0 Å². The third-order valence-corrected chi connectivity index (χ3v) is 9.34. The number of hydrogen-bond donors (Lipinski definition) is 0. The lowest BCUT2D eigenvalue weighted by Crippen LogP contribution is -2.50. The van der Waals surface area contributed by atoms with E-state index >= 15 is 0 Å². The molecule has 146 valence electrons. The molecule has 1 aliphatic heterocycles. The molecular formula is C18H21BrN2O3S3.